The molecule has 0 spiro atoms. The number of anilines is 1. The van der Waals surface area contributed by atoms with Gasteiger partial charge in [-0.2, -0.15) is 9.97 Å². The maximum absolute atomic E-state index is 14.1. The zero-order chi connectivity index (χ0) is 26.7. The van der Waals surface area contributed by atoms with Crippen LogP contribution in [0.2, 0.25) is 0 Å². The molecule has 3 heterocycles. The Kier molecular flexibility index (Phi) is 7.82. The Bertz CT molecular complexity index is 1320. The van der Waals surface area contributed by atoms with Gasteiger partial charge in [-0.25, -0.2) is 22.8 Å². The van der Waals surface area contributed by atoms with E-state index >= 15 is 0 Å². The summed E-state index contributed by atoms with van der Waals surface area (Å²) in [6, 6.07) is 0. The number of aryl methyl sites for hydroxylation is 1. The fourth-order valence-corrected chi connectivity index (χ4v) is 5.42. The van der Waals surface area contributed by atoms with E-state index in [2.05, 4.69) is 34.9 Å². The van der Waals surface area contributed by atoms with Crippen LogP contribution in [-0.4, -0.2) is 75.9 Å². The van der Waals surface area contributed by atoms with Crippen LogP contribution in [0.5, 0.6) is 11.8 Å². The molecule has 4 atom stereocenters. The van der Waals surface area contributed by atoms with Crippen molar-refractivity contribution in [3.63, 3.8) is 0 Å². The molecule has 0 aromatic carbocycles. The minimum atomic E-state index is -4.15. The average Bonchev–Trinajstić information content (AvgIpc) is 3.50. The number of rotatable bonds is 10. The van der Waals surface area contributed by atoms with Crippen LogP contribution in [0.25, 0.3) is 5.69 Å². The molecule has 13 nitrogen and oxygen atoms in total. The summed E-state index contributed by atoms with van der Waals surface area (Å²) in [7, 11) is 0.0355. The van der Waals surface area contributed by atoms with E-state index in [-0.39, 0.29) is 41.6 Å². The summed E-state index contributed by atoms with van der Waals surface area (Å²) in [6.07, 6.45) is 3.53. The maximum atomic E-state index is 14.1. The van der Waals surface area contributed by atoms with Crippen molar-refractivity contribution in [3.05, 3.63) is 35.9 Å². The SMILES string of the molecule is COc1ncnc(OC)c1-n1c(NS(=O)(=O)[C@@H](C)[C@H](OC)c2ncc(C)cn2)nnc1[C@H]1CC[C@H](F)C1. The lowest BCUT2D eigenvalue weighted by Gasteiger charge is -2.23. The van der Waals surface area contributed by atoms with Gasteiger partial charge in [-0.05, 0) is 38.7 Å². The van der Waals surface area contributed by atoms with Crippen LogP contribution < -0.4 is 14.2 Å². The summed E-state index contributed by atoms with van der Waals surface area (Å²) in [5, 5.41) is 7.21. The summed E-state index contributed by atoms with van der Waals surface area (Å²) in [5.41, 5.74) is 1.01. The molecule has 0 amide bonds. The molecule has 1 fully saturated rings. The van der Waals surface area contributed by atoms with Gasteiger partial charge in [0, 0.05) is 25.4 Å². The molecule has 0 unspecified atom stereocenters. The van der Waals surface area contributed by atoms with Crippen molar-refractivity contribution >= 4 is 16.0 Å². The molecule has 3 aromatic rings. The minimum Gasteiger partial charge on any atom is -0.479 e. The number of alkyl halides is 1. The van der Waals surface area contributed by atoms with Gasteiger partial charge in [0.05, 0.1) is 14.2 Å². The molecule has 1 saturated carbocycles. The molecule has 0 aliphatic heterocycles. The second-order valence-corrected chi connectivity index (χ2v) is 10.7. The number of aromatic nitrogens is 7. The van der Waals surface area contributed by atoms with Crippen molar-refractivity contribution in [1.82, 2.24) is 34.7 Å². The molecule has 37 heavy (non-hydrogen) atoms. The third kappa shape index (κ3) is 5.32. The normalized spacial score (nSPS) is 19.4. The number of hydrogen-bond donors (Lipinski definition) is 1. The highest BCUT2D eigenvalue weighted by molar-refractivity contribution is 7.93. The van der Waals surface area contributed by atoms with Crippen LogP contribution in [0, 0.1) is 6.92 Å². The van der Waals surface area contributed by atoms with E-state index in [4.69, 9.17) is 14.2 Å². The lowest BCUT2D eigenvalue weighted by Crippen LogP contribution is -2.33. The maximum Gasteiger partial charge on any atom is 0.245 e. The average molecular weight is 537 g/mol. The zero-order valence-corrected chi connectivity index (χ0v) is 21.9. The minimum absolute atomic E-state index is 0.0963. The van der Waals surface area contributed by atoms with E-state index in [0.29, 0.717) is 18.7 Å². The molecule has 0 saturated heterocycles. The summed E-state index contributed by atoms with van der Waals surface area (Å²) >= 11 is 0. The summed E-state index contributed by atoms with van der Waals surface area (Å²) < 4.78 is 61.4. The predicted molar refractivity (Wildman–Crippen MR) is 130 cm³/mol. The van der Waals surface area contributed by atoms with Gasteiger partial charge in [0.25, 0.3) is 0 Å². The third-order valence-electron chi connectivity index (χ3n) is 6.25. The molecule has 1 N–H and O–H groups in total. The van der Waals surface area contributed by atoms with Crippen LogP contribution in [0.3, 0.4) is 0 Å². The van der Waals surface area contributed by atoms with Gasteiger partial charge >= 0.3 is 0 Å². The monoisotopic (exact) mass is 536 g/mol. The number of nitrogens with one attached hydrogen (secondary N) is 1. The van der Waals surface area contributed by atoms with Crippen LogP contribution in [0.1, 0.15) is 55.4 Å². The van der Waals surface area contributed by atoms with Gasteiger partial charge in [0.15, 0.2) is 11.5 Å². The van der Waals surface area contributed by atoms with E-state index in [1.807, 2.05) is 6.92 Å². The van der Waals surface area contributed by atoms with Gasteiger partial charge in [0.1, 0.15) is 29.7 Å². The largest absolute Gasteiger partial charge is 0.479 e. The van der Waals surface area contributed by atoms with Crippen molar-refractivity contribution < 1.29 is 27.0 Å². The van der Waals surface area contributed by atoms with Crippen molar-refractivity contribution in [1.29, 1.82) is 0 Å². The molecule has 1 aliphatic carbocycles. The van der Waals surface area contributed by atoms with Crippen molar-refractivity contribution in [3.8, 4) is 17.4 Å². The van der Waals surface area contributed by atoms with Gasteiger partial charge in [-0.3, -0.25) is 9.29 Å². The molecule has 15 heteroatoms. The second-order valence-electron chi connectivity index (χ2n) is 8.69. The summed E-state index contributed by atoms with van der Waals surface area (Å²) in [6.45, 7) is 3.29. The summed E-state index contributed by atoms with van der Waals surface area (Å²) in [4.78, 5) is 16.7. The van der Waals surface area contributed by atoms with Gasteiger partial charge < -0.3 is 14.2 Å². The lowest BCUT2D eigenvalue weighted by molar-refractivity contribution is 0.0949. The molecular formula is C22H29FN8O5S. The fraction of sp³-hybridized carbons (Fsp3) is 0.545. The Hall–Kier alpha value is -3.46. The highest BCUT2D eigenvalue weighted by Gasteiger charge is 2.37. The Morgan fingerprint density at radius 2 is 1.70 bits per heavy atom. The molecule has 200 valence electrons. The van der Waals surface area contributed by atoms with Crippen LogP contribution in [-0.2, 0) is 14.8 Å². The fourth-order valence-electron chi connectivity index (χ4n) is 4.29. The standard InChI is InChI=1S/C22H29FN8O5S/c1-12-9-24-18(25-10-12)17(34-3)13(2)37(32,33)30-22-29-28-19(14-6-7-15(23)8-14)31(22)16-20(35-4)26-11-27-21(16)36-5/h9-11,13-15,17H,6-8H2,1-5H3,(H,29,30)/t13-,14-,15-,17-/m0/s1. The second kappa shape index (κ2) is 10.9. The molecule has 0 radical (unpaired) electrons. The highest BCUT2D eigenvalue weighted by atomic mass is 32.2. The Labute approximate surface area is 213 Å². The van der Waals surface area contributed by atoms with Gasteiger partial charge in [-0.1, -0.05) is 0 Å². The smallest absolute Gasteiger partial charge is 0.245 e. The molecular weight excluding hydrogens is 507 g/mol. The van der Waals surface area contributed by atoms with E-state index in [1.54, 1.807) is 12.4 Å². The first-order valence-corrected chi connectivity index (χ1v) is 13.1. The van der Waals surface area contributed by atoms with Gasteiger partial charge in [-0.15, -0.1) is 10.2 Å². The Balaban J connectivity index is 1.78. The third-order valence-corrected chi connectivity index (χ3v) is 7.94. The highest BCUT2D eigenvalue weighted by Crippen LogP contribution is 2.40. The van der Waals surface area contributed by atoms with Crippen LogP contribution >= 0.6 is 0 Å². The van der Waals surface area contributed by atoms with E-state index in [9.17, 15) is 12.8 Å². The van der Waals surface area contributed by atoms with Crippen molar-refractivity contribution in [2.75, 3.05) is 26.1 Å². The molecule has 1 aliphatic rings. The number of methoxy groups -OCH3 is 3. The van der Waals surface area contributed by atoms with E-state index in [0.717, 1.165) is 5.56 Å². The predicted octanol–water partition coefficient (Wildman–Crippen LogP) is 2.30. The number of halogens is 1. The number of ether oxygens (including phenoxy) is 3. The Morgan fingerprint density at radius 3 is 2.24 bits per heavy atom. The molecule has 3 aromatic heterocycles. The topological polar surface area (TPSA) is 156 Å². The first kappa shape index (κ1) is 26.6. The first-order chi connectivity index (χ1) is 17.7. The van der Waals surface area contributed by atoms with E-state index < -0.39 is 27.5 Å². The Morgan fingerprint density at radius 1 is 1.05 bits per heavy atom. The number of nitrogens with zero attached hydrogens (tertiary/aromatic N) is 7. The van der Waals surface area contributed by atoms with Gasteiger partial charge in [0.2, 0.25) is 27.7 Å². The van der Waals surface area contributed by atoms with Crippen molar-refractivity contribution in [2.45, 2.75) is 56.6 Å². The van der Waals surface area contributed by atoms with Crippen LogP contribution in [0.15, 0.2) is 18.7 Å². The number of sulfonamides is 1. The van der Waals surface area contributed by atoms with Crippen LogP contribution in [0.4, 0.5) is 10.3 Å². The molecule has 0 bridgehead atoms. The van der Waals surface area contributed by atoms with E-state index in [1.165, 1.54) is 39.1 Å². The number of hydrogen-bond acceptors (Lipinski definition) is 11. The van der Waals surface area contributed by atoms with Crippen molar-refractivity contribution in [2.24, 2.45) is 0 Å². The lowest BCUT2D eigenvalue weighted by atomic mass is 10.1. The molecule has 4 rings (SSSR count). The summed E-state index contributed by atoms with van der Waals surface area (Å²) in [5.74, 6) is 0.267. The zero-order valence-electron chi connectivity index (χ0n) is 21.1. The quantitative estimate of drug-likeness (QED) is 0.405. The first-order valence-electron chi connectivity index (χ1n) is 11.6.